The van der Waals surface area contributed by atoms with Crippen LogP contribution in [0.4, 0.5) is 0 Å². The maximum absolute atomic E-state index is 10.1. The Balaban J connectivity index is 2.52. The molecule has 3 atom stereocenters. The van der Waals surface area contributed by atoms with E-state index in [4.69, 9.17) is 5.73 Å². The number of aryl methyl sites for hydroxylation is 1. The lowest BCUT2D eigenvalue weighted by molar-refractivity contribution is 0.124. The maximum Gasteiger partial charge on any atom is 0.0696 e. The molecule has 0 spiro atoms. The van der Waals surface area contributed by atoms with Crippen LogP contribution >= 0.6 is 0 Å². The fourth-order valence-corrected chi connectivity index (χ4v) is 2.59. The molecule has 0 saturated carbocycles. The molecule has 2 heteroatoms. The van der Waals surface area contributed by atoms with Gasteiger partial charge in [-0.3, -0.25) is 0 Å². The van der Waals surface area contributed by atoms with Crippen LogP contribution in [0.2, 0.25) is 0 Å². The molecule has 0 aromatic heterocycles. The van der Waals surface area contributed by atoms with Gasteiger partial charge in [-0.25, -0.2) is 0 Å². The van der Waals surface area contributed by atoms with Gasteiger partial charge in [0.25, 0.3) is 0 Å². The maximum atomic E-state index is 10.1. The van der Waals surface area contributed by atoms with E-state index in [1.807, 2.05) is 0 Å². The summed E-state index contributed by atoms with van der Waals surface area (Å²) >= 11 is 0. The Hall–Kier alpha value is -0.860. The Morgan fingerprint density at radius 2 is 1.75 bits per heavy atom. The van der Waals surface area contributed by atoms with Crippen LogP contribution in [0.25, 0.3) is 0 Å². The topological polar surface area (TPSA) is 46.2 Å². The van der Waals surface area contributed by atoms with Crippen LogP contribution in [0.5, 0.6) is 0 Å². The fraction of sp³-hybridized carbons (Fsp3) is 0.667. The molecule has 0 radical (unpaired) electrons. The second-order valence-corrected chi connectivity index (χ2v) is 6.00. The van der Waals surface area contributed by atoms with Crippen molar-refractivity contribution in [2.75, 3.05) is 0 Å². The molecule has 1 rings (SSSR count). The van der Waals surface area contributed by atoms with Gasteiger partial charge in [-0.2, -0.15) is 0 Å². The van der Waals surface area contributed by atoms with E-state index in [0.717, 1.165) is 25.7 Å². The number of nitrogens with two attached hydrogens (primary N) is 1. The first-order chi connectivity index (χ1) is 9.58. The smallest absolute Gasteiger partial charge is 0.0696 e. The minimum absolute atomic E-state index is 0.0914. The van der Waals surface area contributed by atoms with Crippen molar-refractivity contribution >= 4 is 0 Å². The Kier molecular flexibility index (Phi) is 7.86. The number of hydrogen-bond acceptors (Lipinski definition) is 2. The molecule has 0 amide bonds. The minimum Gasteiger partial charge on any atom is -0.391 e. The first kappa shape index (κ1) is 17.2. The molecule has 20 heavy (non-hydrogen) atoms. The van der Waals surface area contributed by atoms with E-state index in [1.165, 1.54) is 24.0 Å². The highest BCUT2D eigenvalue weighted by Crippen LogP contribution is 2.23. The van der Waals surface area contributed by atoms with Crippen LogP contribution < -0.4 is 5.73 Å². The van der Waals surface area contributed by atoms with Crippen LogP contribution in [0.15, 0.2) is 24.3 Å². The quantitative estimate of drug-likeness (QED) is 0.716. The molecule has 0 aliphatic heterocycles. The van der Waals surface area contributed by atoms with E-state index in [9.17, 15) is 5.11 Å². The minimum atomic E-state index is -0.398. The normalized spacial score (nSPS) is 15.8. The van der Waals surface area contributed by atoms with Crippen molar-refractivity contribution in [2.24, 2.45) is 5.73 Å². The highest BCUT2D eigenvalue weighted by molar-refractivity contribution is 5.25. The predicted molar refractivity (Wildman–Crippen MR) is 87.0 cm³/mol. The summed E-state index contributed by atoms with van der Waals surface area (Å²) in [7, 11) is 0. The fourth-order valence-electron chi connectivity index (χ4n) is 2.59. The molecular formula is C18H31NO. The van der Waals surface area contributed by atoms with Crippen LogP contribution in [0.1, 0.15) is 69.9 Å². The van der Waals surface area contributed by atoms with Crippen LogP contribution in [0, 0.1) is 0 Å². The lowest BCUT2D eigenvalue weighted by Gasteiger charge is -2.22. The molecule has 0 aliphatic rings. The Labute approximate surface area is 124 Å². The van der Waals surface area contributed by atoms with Gasteiger partial charge < -0.3 is 10.8 Å². The van der Waals surface area contributed by atoms with Gasteiger partial charge in [-0.1, -0.05) is 57.9 Å². The molecule has 0 heterocycles. The molecule has 0 bridgehead atoms. The van der Waals surface area contributed by atoms with E-state index in [-0.39, 0.29) is 6.04 Å². The van der Waals surface area contributed by atoms with Gasteiger partial charge in [0.15, 0.2) is 0 Å². The van der Waals surface area contributed by atoms with Gasteiger partial charge in [-0.15, -0.1) is 0 Å². The van der Waals surface area contributed by atoms with E-state index >= 15 is 0 Å². The van der Waals surface area contributed by atoms with Gasteiger partial charge in [0.05, 0.1) is 6.10 Å². The number of rotatable bonds is 9. The number of benzene rings is 1. The standard InChI is InChI=1S/C18H31NO/c1-4-6-8-15-9-11-16(12-10-15)14(3)13-18(20)17(19)7-5-2/h9-12,14,17-18,20H,4-8,13,19H2,1-3H3. The zero-order valence-electron chi connectivity index (χ0n) is 13.3. The van der Waals surface area contributed by atoms with Crippen molar-refractivity contribution in [2.45, 2.75) is 77.4 Å². The third kappa shape index (κ3) is 5.64. The first-order valence-corrected chi connectivity index (χ1v) is 8.10. The Morgan fingerprint density at radius 1 is 1.10 bits per heavy atom. The van der Waals surface area contributed by atoms with E-state index < -0.39 is 6.10 Å². The molecule has 1 aromatic carbocycles. The molecule has 2 nitrogen and oxygen atoms in total. The van der Waals surface area contributed by atoms with E-state index in [0.29, 0.717) is 5.92 Å². The molecule has 114 valence electrons. The molecule has 0 aliphatic carbocycles. The molecule has 1 aromatic rings. The average Bonchev–Trinajstić information content (AvgIpc) is 2.45. The van der Waals surface area contributed by atoms with Gasteiger partial charge in [0.1, 0.15) is 0 Å². The van der Waals surface area contributed by atoms with Gasteiger partial charge >= 0.3 is 0 Å². The van der Waals surface area contributed by atoms with Crippen LogP contribution in [-0.2, 0) is 6.42 Å². The van der Waals surface area contributed by atoms with Crippen molar-refractivity contribution in [3.8, 4) is 0 Å². The summed E-state index contributed by atoms with van der Waals surface area (Å²) < 4.78 is 0. The van der Waals surface area contributed by atoms with Gasteiger partial charge in [0, 0.05) is 6.04 Å². The highest BCUT2D eigenvalue weighted by atomic mass is 16.3. The first-order valence-electron chi connectivity index (χ1n) is 8.10. The largest absolute Gasteiger partial charge is 0.391 e. The molecule has 0 saturated heterocycles. The summed E-state index contributed by atoms with van der Waals surface area (Å²) in [5.74, 6) is 0.355. The zero-order chi connectivity index (χ0) is 15.0. The molecule has 3 N–H and O–H groups in total. The van der Waals surface area contributed by atoms with Crippen molar-refractivity contribution in [1.29, 1.82) is 0 Å². The van der Waals surface area contributed by atoms with Crippen LogP contribution in [0.3, 0.4) is 0 Å². The summed E-state index contributed by atoms with van der Waals surface area (Å²) in [5, 5.41) is 10.1. The van der Waals surface area contributed by atoms with Crippen molar-refractivity contribution < 1.29 is 5.11 Å². The average molecular weight is 277 g/mol. The van der Waals surface area contributed by atoms with Gasteiger partial charge in [-0.05, 0) is 42.7 Å². The SMILES string of the molecule is CCCCc1ccc(C(C)CC(O)C(N)CCC)cc1. The Bertz CT molecular complexity index is 360. The summed E-state index contributed by atoms with van der Waals surface area (Å²) in [5.41, 5.74) is 8.69. The van der Waals surface area contributed by atoms with Crippen molar-refractivity contribution in [1.82, 2.24) is 0 Å². The van der Waals surface area contributed by atoms with Crippen molar-refractivity contribution in [3.05, 3.63) is 35.4 Å². The predicted octanol–water partition coefficient (Wildman–Crippen LogP) is 4.01. The number of aliphatic hydroxyl groups is 1. The molecule has 0 fully saturated rings. The summed E-state index contributed by atoms with van der Waals surface area (Å²) in [6.45, 7) is 6.49. The third-order valence-electron chi connectivity index (χ3n) is 4.08. The van der Waals surface area contributed by atoms with Crippen LogP contribution in [-0.4, -0.2) is 17.3 Å². The van der Waals surface area contributed by atoms with Crippen molar-refractivity contribution in [3.63, 3.8) is 0 Å². The molecular weight excluding hydrogens is 246 g/mol. The summed E-state index contributed by atoms with van der Waals surface area (Å²) in [4.78, 5) is 0. The zero-order valence-corrected chi connectivity index (χ0v) is 13.3. The summed E-state index contributed by atoms with van der Waals surface area (Å²) in [6.07, 6.45) is 5.91. The second kappa shape index (κ2) is 9.15. The second-order valence-electron chi connectivity index (χ2n) is 6.00. The van der Waals surface area contributed by atoms with Gasteiger partial charge in [0.2, 0.25) is 0 Å². The lowest BCUT2D eigenvalue weighted by Crippen LogP contribution is -2.35. The Morgan fingerprint density at radius 3 is 2.30 bits per heavy atom. The lowest BCUT2D eigenvalue weighted by atomic mass is 9.90. The molecule has 3 unspecified atom stereocenters. The van der Waals surface area contributed by atoms with E-state index in [1.54, 1.807) is 0 Å². The number of hydrogen-bond donors (Lipinski definition) is 2. The summed E-state index contributed by atoms with van der Waals surface area (Å²) in [6, 6.07) is 8.76. The number of unbranched alkanes of at least 4 members (excludes halogenated alkanes) is 1. The highest BCUT2D eigenvalue weighted by Gasteiger charge is 2.18. The third-order valence-corrected chi connectivity index (χ3v) is 4.08. The number of aliphatic hydroxyl groups excluding tert-OH is 1. The monoisotopic (exact) mass is 277 g/mol. The van der Waals surface area contributed by atoms with E-state index in [2.05, 4.69) is 45.0 Å².